The minimum absolute atomic E-state index is 0.00872. The van der Waals surface area contributed by atoms with Crippen molar-refractivity contribution in [2.75, 3.05) is 91.7 Å². The van der Waals surface area contributed by atoms with Gasteiger partial charge in [0.25, 0.3) is 11.8 Å². The normalized spacial score (nSPS) is 21.4. The number of aliphatic imine (C=N–C) groups is 1. The van der Waals surface area contributed by atoms with Crippen molar-refractivity contribution < 1.29 is 102 Å². The molecule has 0 aliphatic carbocycles. The predicted molar refractivity (Wildman–Crippen MR) is 309 cm³/mol. The first-order valence-electron chi connectivity index (χ1n) is 28.3. The van der Waals surface area contributed by atoms with Crippen LogP contribution < -0.4 is 28.6 Å². The Morgan fingerprint density at radius 1 is 0.701 bits per heavy atom. The molecular formula is C62H72N4O21. The van der Waals surface area contributed by atoms with Crippen molar-refractivity contribution in [2.24, 2.45) is 4.99 Å². The van der Waals surface area contributed by atoms with Crippen LogP contribution in [0.15, 0.2) is 90.0 Å². The number of carboxylic acids is 1. The van der Waals surface area contributed by atoms with E-state index in [1.807, 2.05) is 13.0 Å². The standard InChI is InChI=1S/C62H72N4O21/c1-35-17-41-27-63-46-25-52(37(3)19-43(46)58(73)64(41)28-35)83-31-39-20-40(22-42(21-39)82-16-15-80-12-11-79-13-14-81-34-55(69)70)32-84-54-26-47-44(24-53(54)78-5)59(74)65-29-36(2)18-48(65)60(75)66(47)62(76)86-30-38-8-9-51(45(23-38)49(67)7-6-10-77-4)87-61-57(72)56(71)50(68)33-85-61/h8-9,19-27,41,48,50,56-57,60-61,68,71-72,75H,1-2,6-7,10-18,28-34H2,3-5H3,(H,69,70)/t41-,48-,50+,56-,57+,60?,61-/m0/s1. The number of benzene rings is 4. The average molecular weight is 1210 g/mol. The molecule has 25 nitrogen and oxygen atoms in total. The van der Waals surface area contributed by atoms with Gasteiger partial charge in [0.2, 0.25) is 6.29 Å². The molecule has 5 aliphatic heterocycles. The van der Waals surface area contributed by atoms with E-state index < -0.39 is 68.1 Å². The molecule has 87 heavy (non-hydrogen) atoms. The Hall–Kier alpha value is -7.98. The number of nitrogens with zero attached hydrogens (tertiary/aromatic N) is 4. The number of carbonyl (C=O) groups excluding carboxylic acids is 4. The lowest BCUT2D eigenvalue weighted by atomic mass is 10.0. The first-order chi connectivity index (χ1) is 41.9. The number of hydrogen-bond acceptors (Lipinski definition) is 21. The van der Waals surface area contributed by atoms with Crippen LogP contribution in [0.4, 0.5) is 16.2 Å². The molecule has 9 rings (SSSR count). The Labute approximate surface area is 501 Å². The van der Waals surface area contributed by atoms with Crippen LogP contribution in [0.5, 0.6) is 28.7 Å². The summed E-state index contributed by atoms with van der Waals surface area (Å²) in [6.45, 7) is 10.7. The summed E-state index contributed by atoms with van der Waals surface area (Å²) in [5, 5.41) is 51.8. The number of carbonyl (C=O) groups is 5. The van der Waals surface area contributed by atoms with Crippen molar-refractivity contribution in [3.05, 3.63) is 124 Å². The summed E-state index contributed by atoms with van der Waals surface area (Å²) in [5.41, 5.74) is 4.84. The summed E-state index contributed by atoms with van der Waals surface area (Å²) in [5.74, 6) is -0.969. The molecule has 3 amide bonds. The van der Waals surface area contributed by atoms with Crippen molar-refractivity contribution in [1.29, 1.82) is 0 Å². The van der Waals surface area contributed by atoms with Crippen molar-refractivity contribution in [3.63, 3.8) is 0 Å². The Balaban J connectivity index is 0.950. The fourth-order valence-electron chi connectivity index (χ4n) is 10.6. The van der Waals surface area contributed by atoms with Crippen LogP contribution in [0.1, 0.15) is 79.0 Å². The van der Waals surface area contributed by atoms with Crippen LogP contribution in [0.25, 0.3) is 0 Å². The third-order valence-electron chi connectivity index (χ3n) is 15.0. The third-order valence-corrected chi connectivity index (χ3v) is 15.0. The average Bonchev–Trinajstić information content (AvgIpc) is 1.76. The maximum Gasteiger partial charge on any atom is 0.416 e. The number of ketones is 1. The summed E-state index contributed by atoms with van der Waals surface area (Å²) < 4.78 is 63.4. The number of hydrogen-bond donors (Lipinski definition) is 5. The number of aliphatic carboxylic acids is 1. The zero-order valence-corrected chi connectivity index (χ0v) is 48.6. The summed E-state index contributed by atoms with van der Waals surface area (Å²) in [7, 11) is 2.89. The molecule has 1 unspecified atom stereocenters. The molecule has 0 radical (unpaired) electrons. The lowest BCUT2D eigenvalue weighted by Gasteiger charge is -2.35. The van der Waals surface area contributed by atoms with E-state index in [1.165, 1.54) is 49.5 Å². The monoisotopic (exact) mass is 1210 g/mol. The number of ether oxygens (including phenoxy) is 11. The number of rotatable bonds is 28. The first kappa shape index (κ1) is 63.5. The number of fused-ring (bicyclic) bond motifs is 4. The fourth-order valence-corrected chi connectivity index (χ4v) is 10.6. The van der Waals surface area contributed by atoms with Crippen molar-refractivity contribution in [1.82, 2.24) is 9.80 Å². The number of aryl methyl sites for hydroxylation is 1. The van der Waals surface area contributed by atoms with E-state index in [4.69, 9.17) is 57.2 Å². The Morgan fingerprint density at radius 2 is 1.39 bits per heavy atom. The molecular weight excluding hydrogens is 1140 g/mol. The zero-order chi connectivity index (χ0) is 61.9. The van der Waals surface area contributed by atoms with Gasteiger partial charge in [-0.2, -0.15) is 0 Å². The van der Waals surface area contributed by atoms with Gasteiger partial charge in [0.05, 0.1) is 86.9 Å². The van der Waals surface area contributed by atoms with Crippen LogP contribution in [0.2, 0.25) is 0 Å². The van der Waals surface area contributed by atoms with E-state index in [0.29, 0.717) is 70.0 Å². The Bertz CT molecular complexity index is 3240. The molecule has 4 aromatic carbocycles. The Kier molecular flexibility index (Phi) is 21.3. The third kappa shape index (κ3) is 15.4. The minimum Gasteiger partial charge on any atom is -0.493 e. The second kappa shape index (κ2) is 29.1. The highest BCUT2D eigenvalue weighted by atomic mass is 16.7. The van der Waals surface area contributed by atoms with E-state index in [1.54, 1.807) is 35.4 Å². The van der Waals surface area contributed by atoms with Crippen molar-refractivity contribution in [2.45, 2.75) is 95.3 Å². The molecule has 0 bridgehead atoms. The number of aliphatic hydroxyl groups excluding tert-OH is 4. The van der Waals surface area contributed by atoms with Crippen LogP contribution >= 0.6 is 0 Å². The number of anilines is 1. The maximum atomic E-state index is 14.6. The number of aliphatic hydroxyl groups is 4. The van der Waals surface area contributed by atoms with Gasteiger partial charge in [-0.05, 0) is 90.9 Å². The molecule has 0 saturated carbocycles. The summed E-state index contributed by atoms with van der Waals surface area (Å²) in [4.78, 5) is 75.9. The minimum atomic E-state index is -1.65. The smallest absolute Gasteiger partial charge is 0.416 e. The van der Waals surface area contributed by atoms with Gasteiger partial charge < -0.3 is 87.4 Å². The van der Waals surface area contributed by atoms with Gasteiger partial charge in [-0.3, -0.25) is 19.4 Å². The molecule has 4 aromatic rings. The van der Waals surface area contributed by atoms with Gasteiger partial charge in [-0.25, -0.2) is 14.5 Å². The molecule has 25 heteroatoms. The zero-order valence-electron chi connectivity index (χ0n) is 48.6. The predicted octanol–water partition coefficient (Wildman–Crippen LogP) is 4.83. The summed E-state index contributed by atoms with van der Waals surface area (Å²) in [6, 6.07) is 15.0. The quantitative estimate of drug-likeness (QED) is 0.0289. The van der Waals surface area contributed by atoms with E-state index in [2.05, 4.69) is 18.2 Å². The molecule has 466 valence electrons. The summed E-state index contributed by atoms with van der Waals surface area (Å²) >= 11 is 0. The SMILES string of the molecule is C=C1C[C@H]2C=Nc3cc(OCc4cc(COc5cc6c(cc5OC)C(=O)N5CC(=C)C[C@H]5C(O)N6C(=O)OCc5ccc(O[C@@H]6OC[C@@H](O)[C@H](O)[C@H]6O)c(C(=O)CCCOC)c5)cc(OCCOCCOCCOCC(=O)O)c4)c(C)cc3C(=O)N2C1. The second-order valence-electron chi connectivity index (χ2n) is 21.5. The number of amides is 3. The van der Waals surface area contributed by atoms with Crippen LogP contribution in [0.3, 0.4) is 0 Å². The second-order valence-corrected chi connectivity index (χ2v) is 21.5. The highest BCUT2D eigenvalue weighted by Gasteiger charge is 2.47. The molecule has 7 atom stereocenters. The fraction of sp³-hybridized carbons (Fsp3) is 0.452. The lowest BCUT2D eigenvalue weighted by Crippen LogP contribution is -2.54. The largest absolute Gasteiger partial charge is 0.493 e. The number of carboxylic acid groups (broad SMARTS) is 1. The van der Waals surface area contributed by atoms with Crippen LogP contribution in [-0.4, -0.2) is 201 Å². The van der Waals surface area contributed by atoms with Gasteiger partial charge in [0, 0.05) is 51.6 Å². The van der Waals surface area contributed by atoms with Crippen LogP contribution in [0, 0.1) is 6.92 Å². The maximum absolute atomic E-state index is 14.6. The van der Waals surface area contributed by atoms with E-state index in [-0.39, 0.29) is 137 Å². The number of methoxy groups -OCH3 is 2. The molecule has 3 saturated heterocycles. The molecule has 0 aromatic heterocycles. The topological polar surface area (TPSA) is 310 Å². The van der Waals surface area contributed by atoms with Gasteiger partial charge in [-0.1, -0.05) is 30.4 Å². The molecule has 5 N–H and O–H groups in total. The molecule has 5 aliphatic rings. The van der Waals surface area contributed by atoms with E-state index >= 15 is 0 Å². The van der Waals surface area contributed by atoms with Gasteiger partial charge in [-0.15, -0.1) is 0 Å². The first-order valence-corrected chi connectivity index (χ1v) is 28.3. The highest BCUT2D eigenvalue weighted by Crippen LogP contribution is 2.43. The summed E-state index contributed by atoms with van der Waals surface area (Å²) in [6.07, 6.45) is -5.77. The molecule has 3 fully saturated rings. The lowest BCUT2D eigenvalue weighted by molar-refractivity contribution is -0.242. The van der Waals surface area contributed by atoms with E-state index in [0.717, 1.165) is 10.5 Å². The molecule has 5 heterocycles. The Morgan fingerprint density at radius 3 is 2.11 bits per heavy atom. The van der Waals surface area contributed by atoms with Gasteiger partial charge in [0.15, 0.2) is 23.5 Å². The van der Waals surface area contributed by atoms with Gasteiger partial charge in [0.1, 0.15) is 68.6 Å². The van der Waals surface area contributed by atoms with Crippen molar-refractivity contribution in [3.8, 4) is 28.7 Å². The van der Waals surface area contributed by atoms with Crippen LogP contribution in [-0.2, 0) is 53.0 Å². The highest BCUT2D eigenvalue weighted by molar-refractivity contribution is 6.06. The van der Waals surface area contributed by atoms with Crippen molar-refractivity contribution >= 4 is 47.2 Å². The molecule has 0 spiro atoms. The number of Topliss-reactive ketones (excluding diaryl/α,β-unsaturated/α-hetero) is 1. The van der Waals surface area contributed by atoms with E-state index in [9.17, 15) is 44.4 Å². The van der Waals surface area contributed by atoms with Gasteiger partial charge >= 0.3 is 12.1 Å².